The van der Waals surface area contributed by atoms with Gasteiger partial charge in [-0.1, -0.05) is 34.1 Å². The number of hydrogen-bond donors (Lipinski definition) is 2. The highest BCUT2D eigenvalue weighted by atomic mass is 79.9. The Labute approximate surface area is 124 Å². The molecule has 3 nitrogen and oxygen atoms in total. The van der Waals surface area contributed by atoms with Gasteiger partial charge in [-0.25, -0.2) is 9.18 Å². The number of anilines is 1. The quantitative estimate of drug-likeness (QED) is 0.865. The van der Waals surface area contributed by atoms with E-state index in [4.69, 9.17) is 5.11 Å². The molecule has 0 radical (unpaired) electrons. The molecule has 0 aromatic heterocycles. The van der Waals surface area contributed by atoms with Crippen LogP contribution in [-0.4, -0.2) is 11.1 Å². The van der Waals surface area contributed by atoms with Gasteiger partial charge >= 0.3 is 5.97 Å². The predicted molar refractivity (Wildman–Crippen MR) is 79.5 cm³/mol. The number of aromatic carboxylic acids is 1. The lowest BCUT2D eigenvalue weighted by Gasteiger charge is -2.18. The monoisotopic (exact) mass is 337 g/mol. The number of halogens is 2. The van der Waals surface area contributed by atoms with Crippen LogP contribution in [0.2, 0.25) is 0 Å². The van der Waals surface area contributed by atoms with E-state index in [9.17, 15) is 9.18 Å². The SMILES string of the molecule is CC(Nc1ccccc1C(=O)O)c1ccc(Br)cc1F. The maximum Gasteiger partial charge on any atom is 0.337 e. The van der Waals surface area contributed by atoms with E-state index in [1.165, 1.54) is 12.1 Å². The first-order chi connectivity index (χ1) is 9.49. The van der Waals surface area contributed by atoms with Crippen molar-refractivity contribution >= 4 is 27.6 Å². The average molecular weight is 338 g/mol. The third-order valence-corrected chi connectivity index (χ3v) is 3.45. The highest BCUT2D eigenvalue weighted by molar-refractivity contribution is 9.10. The van der Waals surface area contributed by atoms with Crippen LogP contribution in [0.25, 0.3) is 0 Å². The molecule has 1 unspecified atom stereocenters. The van der Waals surface area contributed by atoms with Crippen molar-refractivity contribution in [2.45, 2.75) is 13.0 Å². The normalized spacial score (nSPS) is 11.9. The van der Waals surface area contributed by atoms with Crippen molar-refractivity contribution in [3.05, 3.63) is 63.9 Å². The minimum Gasteiger partial charge on any atom is -0.478 e. The summed E-state index contributed by atoms with van der Waals surface area (Å²) in [7, 11) is 0. The van der Waals surface area contributed by atoms with Gasteiger partial charge in [-0.3, -0.25) is 0 Å². The third-order valence-electron chi connectivity index (χ3n) is 2.96. The summed E-state index contributed by atoms with van der Waals surface area (Å²) in [5, 5.41) is 12.2. The molecule has 0 aliphatic rings. The van der Waals surface area contributed by atoms with Crippen LogP contribution < -0.4 is 5.32 Å². The minimum atomic E-state index is -1.02. The molecule has 5 heteroatoms. The number of benzene rings is 2. The lowest BCUT2D eigenvalue weighted by Crippen LogP contribution is -2.11. The average Bonchev–Trinajstić information content (AvgIpc) is 2.38. The number of nitrogens with one attached hydrogen (secondary N) is 1. The summed E-state index contributed by atoms with van der Waals surface area (Å²) in [5.74, 6) is -1.36. The molecule has 0 saturated heterocycles. The van der Waals surface area contributed by atoms with E-state index in [-0.39, 0.29) is 17.4 Å². The molecule has 0 saturated carbocycles. The molecule has 0 heterocycles. The molecule has 2 rings (SSSR count). The molecule has 0 aliphatic carbocycles. The van der Waals surface area contributed by atoms with E-state index in [0.717, 1.165) is 0 Å². The third kappa shape index (κ3) is 3.17. The van der Waals surface area contributed by atoms with Crippen LogP contribution in [0.4, 0.5) is 10.1 Å². The molecule has 0 amide bonds. The lowest BCUT2D eigenvalue weighted by molar-refractivity contribution is 0.0698. The van der Waals surface area contributed by atoms with Crippen molar-refractivity contribution < 1.29 is 14.3 Å². The molecule has 2 N–H and O–H groups in total. The lowest BCUT2D eigenvalue weighted by atomic mass is 10.1. The summed E-state index contributed by atoms with van der Waals surface area (Å²) >= 11 is 3.20. The Kier molecular flexibility index (Phi) is 4.39. The number of carbonyl (C=O) groups is 1. The summed E-state index contributed by atoms with van der Waals surface area (Å²) < 4.78 is 14.5. The van der Waals surface area contributed by atoms with Crippen molar-refractivity contribution in [1.29, 1.82) is 0 Å². The van der Waals surface area contributed by atoms with Gasteiger partial charge in [0.1, 0.15) is 5.82 Å². The van der Waals surface area contributed by atoms with E-state index in [1.807, 2.05) is 0 Å². The number of carboxylic acid groups (broad SMARTS) is 1. The molecule has 104 valence electrons. The zero-order valence-corrected chi connectivity index (χ0v) is 12.3. The Hall–Kier alpha value is -1.88. The van der Waals surface area contributed by atoms with Crippen LogP contribution in [0.3, 0.4) is 0 Å². The molecule has 2 aromatic rings. The number of hydrogen-bond acceptors (Lipinski definition) is 2. The second kappa shape index (κ2) is 6.05. The fourth-order valence-electron chi connectivity index (χ4n) is 1.96. The Morgan fingerprint density at radius 2 is 2.00 bits per heavy atom. The Bertz CT molecular complexity index is 646. The summed E-state index contributed by atoms with van der Waals surface area (Å²) in [5.41, 5.74) is 1.11. The van der Waals surface area contributed by atoms with Gasteiger partial charge in [0.25, 0.3) is 0 Å². The van der Waals surface area contributed by atoms with E-state index in [2.05, 4.69) is 21.2 Å². The number of carboxylic acids is 1. The molecule has 1 atom stereocenters. The molecular formula is C15H13BrFNO2. The van der Waals surface area contributed by atoms with E-state index in [0.29, 0.717) is 15.7 Å². The highest BCUT2D eigenvalue weighted by Crippen LogP contribution is 2.25. The number of rotatable bonds is 4. The first-order valence-corrected chi connectivity index (χ1v) is 6.82. The fraction of sp³-hybridized carbons (Fsp3) is 0.133. The van der Waals surface area contributed by atoms with E-state index in [1.54, 1.807) is 37.3 Å². The van der Waals surface area contributed by atoms with Crippen LogP contribution in [0, 0.1) is 5.82 Å². The molecular weight excluding hydrogens is 325 g/mol. The van der Waals surface area contributed by atoms with Gasteiger partial charge in [0.05, 0.1) is 11.6 Å². The Morgan fingerprint density at radius 1 is 1.30 bits per heavy atom. The van der Waals surface area contributed by atoms with Gasteiger partial charge in [0.2, 0.25) is 0 Å². The van der Waals surface area contributed by atoms with Crippen molar-refractivity contribution in [2.75, 3.05) is 5.32 Å². The van der Waals surface area contributed by atoms with Crippen molar-refractivity contribution in [3.63, 3.8) is 0 Å². The number of para-hydroxylation sites is 1. The summed E-state index contributed by atoms with van der Waals surface area (Å²) in [6.07, 6.45) is 0. The van der Waals surface area contributed by atoms with Gasteiger partial charge in [-0.05, 0) is 31.2 Å². The highest BCUT2D eigenvalue weighted by Gasteiger charge is 2.15. The smallest absolute Gasteiger partial charge is 0.337 e. The maximum atomic E-state index is 13.9. The van der Waals surface area contributed by atoms with Crippen molar-refractivity contribution in [1.82, 2.24) is 0 Å². The van der Waals surface area contributed by atoms with Crippen LogP contribution in [-0.2, 0) is 0 Å². The zero-order chi connectivity index (χ0) is 14.7. The van der Waals surface area contributed by atoms with Gasteiger partial charge in [-0.2, -0.15) is 0 Å². The van der Waals surface area contributed by atoms with Gasteiger partial charge in [-0.15, -0.1) is 0 Å². The Balaban J connectivity index is 2.28. The minimum absolute atomic E-state index is 0.164. The zero-order valence-electron chi connectivity index (χ0n) is 10.7. The van der Waals surface area contributed by atoms with Crippen LogP contribution >= 0.6 is 15.9 Å². The first kappa shape index (κ1) is 14.5. The van der Waals surface area contributed by atoms with E-state index < -0.39 is 5.97 Å². The standard InChI is InChI=1S/C15H13BrFNO2/c1-9(11-7-6-10(16)8-13(11)17)18-14-5-3-2-4-12(14)15(19)20/h2-9,18H,1H3,(H,19,20). The van der Waals surface area contributed by atoms with Crippen LogP contribution in [0.5, 0.6) is 0 Å². The summed E-state index contributed by atoms with van der Waals surface area (Å²) in [6.45, 7) is 1.78. The Morgan fingerprint density at radius 3 is 2.65 bits per heavy atom. The molecule has 2 aromatic carbocycles. The van der Waals surface area contributed by atoms with Crippen molar-refractivity contribution in [2.24, 2.45) is 0 Å². The topological polar surface area (TPSA) is 49.3 Å². The van der Waals surface area contributed by atoms with Gasteiger partial charge < -0.3 is 10.4 Å². The molecule has 20 heavy (non-hydrogen) atoms. The summed E-state index contributed by atoms with van der Waals surface area (Å²) in [6, 6.07) is 11.0. The van der Waals surface area contributed by atoms with Crippen LogP contribution in [0.1, 0.15) is 28.9 Å². The fourth-order valence-corrected chi connectivity index (χ4v) is 2.29. The largest absolute Gasteiger partial charge is 0.478 e. The molecule has 0 fully saturated rings. The second-order valence-corrected chi connectivity index (χ2v) is 5.30. The van der Waals surface area contributed by atoms with Crippen LogP contribution in [0.15, 0.2) is 46.9 Å². The molecule has 0 bridgehead atoms. The molecule has 0 aliphatic heterocycles. The predicted octanol–water partition coefficient (Wildman–Crippen LogP) is 4.46. The van der Waals surface area contributed by atoms with Gasteiger partial charge in [0, 0.05) is 15.7 Å². The van der Waals surface area contributed by atoms with Crippen molar-refractivity contribution in [3.8, 4) is 0 Å². The van der Waals surface area contributed by atoms with Gasteiger partial charge in [0.15, 0.2) is 0 Å². The maximum absolute atomic E-state index is 13.9. The molecule has 0 spiro atoms. The first-order valence-electron chi connectivity index (χ1n) is 6.03. The summed E-state index contributed by atoms with van der Waals surface area (Å²) in [4.78, 5) is 11.1. The second-order valence-electron chi connectivity index (χ2n) is 4.38. The van der Waals surface area contributed by atoms with E-state index >= 15 is 0 Å².